The zero-order valence-electron chi connectivity index (χ0n) is 13.0. The second-order valence-electron chi connectivity index (χ2n) is 5.79. The Labute approximate surface area is 131 Å². The van der Waals surface area contributed by atoms with Crippen molar-refractivity contribution in [2.24, 2.45) is 0 Å². The summed E-state index contributed by atoms with van der Waals surface area (Å²) in [5.41, 5.74) is 4.25. The smallest absolute Gasteiger partial charge is 0.119 e. The van der Waals surface area contributed by atoms with Crippen LogP contribution in [0.5, 0.6) is 5.75 Å². The van der Waals surface area contributed by atoms with E-state index in [4.69, 9.17) is 4.74 Å². The lowest BCUT2D eigenvalue weighted by Gasteiger charge is -2.32. The summed E-state index contributed by atoms with van der Waals surface area (Å²) in [7, 11) is 3.80. The summed E-state index contributed by atoms with van der Waals surface area (Å²) in [5.74, 6) is 1.52. The number of fused-ring (bicyclic) bond motifs is 1. The van der Waals surface area contributed by atoms with Crippen molar-refractivity contribution in [1.82, 2.24) is 5.32 Å². The van der Waals surface area contributed by atoms with E-state index in [-0.39, 0.29) is 0 Å². The molecule has 21 heavy (non-hydrogen) atoms. The lowest BCUT2D eigenvalue weighted by Crippen LogP contribution is -2.26. The highest BCUT2D eigenvalue weighted by molar-refractivity contribution is 7.10. The Morgan fingerprint density at radius 3 is 2.90 bits per heavy atom. The van der Waals surface area contributed by atoms with E-state index >= 15 is 0 Å². The Morgan fingerprint density at radius 1 is 1.33 bits per heavy atom. The number of methoxy groups -OCH3 is 1. The molecule has 112 valence electrons. The van der Waals surface area contributed by atoms with Gasteiger partial charge in [-0.15, -0.1) is 11.3 Å². The van der Waals surface area contributed by atoms with E-state index in [0.717, 1.165) is 5.75 Å². The third kappa shape index (κ3) is 2.72. The van der Waals surface area contributed by atoms with Crippen LogP contribution in [0, 0.1) is 6.92 Å². The zero-order chi connectivity index (χ0) is 14.8. The molecule has 1 aliphatic rings. The first-order chi connectivity index (χ1) is 10.2. The van der Waals surface area contributed by atoms with Gasteiger partial charge in [-0.1, -0.05) is 6.07 Å². The summed E-state index contributed by atoms with van der Waals surface area (Å²) in [6, 6.07) is 9.13. The Kier molecular flexibility index (Phi) is 4.32. The topological polar surface area (TPSA) is 21.3 Å². The summed E-state index contributed by atoms with van der Waals surface area (Å²) in [6.07, 6.45) is 3.81. The average Bonchev–Trinajstić information content (AvgIpc) is 2.98. The number of hydrogen-bond donors (Lipinski definition) is 1. The van der Waals surface area contributed by atoms with E-state index in [1.807, 2.05) is 11.3 Å². The maximum absolute atomic E-state index is 5.33. The fourth-order valence-electron chi connectivity index (χ4n) is 3.57. The highest BCUT2D eigenvalue weighted by Gasteiger charge is 2.29. The Hall–Kier alpha value is -1.32. The number of benzene rings is 1. The second-order valence-corrected chi connectivity index (χ2v) is 6.79. The van der Waals surface area contributed by atoms with Crippen LogP contribution in [0.2, 0.25) is 0 Å². The van der Waals surface area contributed by atoms with Crippen LogP contribution in [0.25, 0.3) is 0 Å². The quantitative estimate of drug-likeness (QED) is 0.901. The molecule has 0 radical (unpaired) electrons. The molecule has 1 heterocycles. The summed E-state index contributed by atoms with van der Waals surface area (Å²) < 4.78 is 5.33. The third-order valence-corrected chi connectivity index (χ3v) is 5.62. The SMILES string of the molecule is CNC(c1ccc(OC)cc1C)C1CCCc2sccc21. The van der Waals surface area contributed by atoms with Crippen LogP contribution in [0.3, 0.4) is 0 Å². The first-order valence-corrected chi connectivity index (χ1v) is 8.50. The van der Waals surface area contributed by atoms with Crippen LogP contribution in [0.4, 0.5) is 0 Å². The average molecular weight is 301 g/mol. The fourth-order valence-corrected chi connectivity index (χ4v) is 4.56. The molecule has 0 amide bonds. The summed E-state index contributed by atoms with van der Waals surface area (Å²) in [6.45, 7) is 2.18. The van der Waals surface area contributed by atoms with Gasteiger partial charge in [-0.05, 0) is 73.5 Å². The lowest BCUT2D eigenvalue weighted by molar-refractivity contribution is 0.410. The molecule has 1 aromatic heterocycles. The van der Waals surface area contributed by atoms with Crippen molar-refractivity contribution >= 4 is 11.3 Å². The number of nitrogens with one attached hydrogen (secondary N) is 1. The standard InChI is InChI=1S/C18H23NOS/c1-12-11-13(20-3)7-8-14(12)18(19-2)16-5-4-6-17-15(16)9-10-21-17/h7-11,16,18-19H,4-6H2,1-3H3. The molecule has 1 aromatic carbocycles. The highest BCUT2D eigenvalue weighted by Crippen LogP contribution is 2.43. The van der Waals surface area contributed by atoms with Gasteiger partial charge in [0.05, 0.1) is 7.11 Å². The molecule has 3 heteroatoms. The third-order valence-electron chi connectivity index (χ3n) is 4.62. The molecule has 0 spiro atoms. The zero-order valence-corrected chi connectivity index (χ0v) is 13.8. The molecule has 1 N–H and O–H groups in total. The number of thiophene rings is 1. The van der Waals surface area contributed by atoms with Crippen molar-refractivity contribution in [3.63, 3.8) is 0 Å². The van der Waals surface area contributed by atoms with Gasteiger partial charge >= 0.3 is 0 Å². The van der Waals surface area contributed by atoms with Gasteiger partial charge in [0.15, 0.2) is 0 Å². The Balaban J connectivity index is 1.97. The van der Waals surface area contributed by atoms with Crippen molar-refractivity contribution in [2.45, 2.75) is 38.1 Å². The number of ether oxygens (including phenoxy) is 1. The van der Waals surface area contributed by atoms with E-state index in [1.165, 1.54) is 30.4 Å². The van der Waals surface area contributed by atoms with Gasteiger partial charge in [-0.3, -0.25) is 0 Å². The van der Waals surface area contributed by atoms with Crippen LogP contribution >= 0.6 is 11.3 Å². The first-order valence-electron chi connectivity index (χ1n) is 7.62. The molecule has 3 rings (SSSR count). The molecule has 0 saturated heterocycles. The molecule has 1 aliphatic carbocycles. The number of rotatable bonds is 4. The van der Waals surface area contributed by atoms with Crippen molar-refractivity contribution in [3.8, 4) is 5.75 Å². The van der Waals surface area contributed by atoms with Gasteiger partial charge in [0.2, 0.25) is 0 Å². The van der Waals surface area contributed by atoms with Gasteiger partial charge in [-0.25, -0.2) is 0 Å². The lowest BCUT2D eigenvalue weighted by atomic mass is 9.79. The van der Waals surface area contributed by atoms with Crippen molar-refractivity contribution in [3.05, 3.63) is 51.2 Å². The predicted octanol–water partition coefficient (Wildman–Crippen LogP) is 4.45. The number of hydrogen-bond acceptors (Lipinski definition) is 3. The van der Waals surface area contributed by atoms with Crippen LogP contribution < -0.4 is 10.1 Å². The Bertz CT molecular complexity index is 619. The van der Waals surface area contributed by atoms with E-state index in [0.29, 0.717) is 12.0 Å². The van der Waals surface area contributed by atoms with Gasteiger partial charge in [0, 0.05) is 16.8 Å². The van der Waals surface area contributed by atoms with Crippen molar-refractivity contribution < 1.29 is 4.74 Å². The van der Waals surface area contributed by atoms with Crippen LogP contribution in [-0.2, 0) is 6.42 Å². The van der Waals surface area contributed by atoms with Crippen LogP contribution in [0.1, 0.15) is 46.4 Å². The normalized spacial score (nSPS) is 19.1. The van der Waals surface area contributed by atoms with Crippen LogP contribution in [-0.4, -0.2) is 14.2 Å². The van der Waals surface area contributed by atoms with Gasteiger partial charge < -0.3 is 10.1 Å². The molecule has 0 saturated carbocycles. The van der Waals surface area contributed by atoms with Crippen LogP contribution in [0.15, 0.2) is 29.6 Å². The van der Waals surface area contributed by atoms with Crippen molar-refractivity contribution in [1.29, 1.82) is 0 Å². The van der Waals surface area contributed by atoms with E-state index in [9.17, 15) is 0 Å². The number of aryl methyl sites for hydroxylation is 2. The summed E-state index contributed by atoms with van der Waals surface area (Å²) in [5, 5.41) is 5.81. The van der Waals surface area contributed by atoms with Gasteiger partial charge in [0.25, 0.3) is 0 Å². The molecule has 0 aliphatic heterocycles. The minimum atomic E-state index is 0.379. The number of likely N-dealkylation sites (N-methyl/N-ethyl adjacent to an activating group) is 1. The summed E-state index contributed by atoms with van der Waals surface area (Å²) in [4.78, 5) is 1.58. The minimum absolute atomic E-state index is 0.379. The van der Waals surface area contributed by atoms with Gasteiger partial charge in [0.1, 0.15) is 5.75 Å². The minimum Gasteiger partial charge on any atom is -0.497 e. The Morgan fingerprint density at radius 2 is 2.19 bits per heavy atom. The first kappa shape index (κ1) is 14.6. The maximum Gasteiger partial charge on any atom is 0.119 e. The summed E-state index contributed by atoms with van der Waals surface area (Å²) >= 11 is 1.91. The maximum atomic E-state index is 5.33. The predicted molar refractivity (Wildman–Crippen MR) is 89.5 cm³/mol. The fraction of sp³-hybridized carbons (Fsp3) is 0.444. The largest absolute Gasteiger partial charge is 0.497 e. The van der Waals surface area contributed by atoms with E-state index in [1.54, 1.807) is 17.6 Å². The molecular formula is C18H23NOS. The molecule has 2 atom stereocenters. The molecule has 0 bridgehead atoms. The monoisotopic (exact) mass is 301 g/mol. The molecule has 2 aromatic rings. The molecular weight excluding hydrogens is 278 g/mol. The second kappa shape index (κ2) is 6.20. The molecule has 2 nitrogen and oxygen atoms in total. The highest BCUT2D eigenvalue weighted by atomic mass is 32.1. The van der Waals surface area contributed by atoms with E-state index < -0.39 is 0 Å². The molecule has 0 fully saturated rings. The van der Waals surface area contributed by atoms with E-state index in [2.05, 4.69) is 48.9 Å². The van der Waals surface area contributed by atoms with Gasteiger partial charge in [-0.2, -0.15) is 0 Å². The van der Waals surface area contributed by atoms with Crippen molar-refractivity contribution in [2.75, 3.05) is 14.2 Å². The molecule has 2 unspecified atom stereocenters.